The normalized spacial score (nSPS) is 11.0. The molecule has 0 atom stereocenters. The molecule has 0 unspecified atom stereocenters. The molecule has 0 spiro atoms. The fourth-order valence-corrected chi connectivity index (χ4v) is 2.97. The van der Waals surface area contributed by atoms with Crippen molar-refractivity contribution in [1.29, 1.82) is 0 Å². The number of esters is 1. The Morgan fingerprint density at radius 3 is 2.61 bits per heavy atom. The monoisotopic (exact) mass is 378 g/mol. The van der Waals surface area contributed by atoms with Crippen molar-refractivity contribution < 1.29 is 14.3 Å². The first-order chi connectivity index (χ1) is 13.5. The molecule has 0 bridgehead atoms. The smallest absolute Gasteiger partial charge is 0.338 e. The van der Waals surface area contributed by atoms with Crippen molar-refractivity contribution in [1.82, 2.24) is 15.0 Å². The van der Waals surface area contributed by atoms with Crippen LogP contribution in [0.1, 0.15) is 44.7 Å². The molecule has 0 aliphatic carbocycles. The van der Waals surface area contributed by atoms with Crippen LogP contribution in [0.5, 0.6) is 0 Å². The maximum atomic E-state index is 11.9. The number of hydrogen-bond acceptors (Lipinski definition) is 4. The summed E-state index contributed by atoms with van der Waals surface area (Å²) in [5.41, 5.74) is 7.26. The van der Waals surface area contributed by atoms with Crippen LogP contribution < -0.4 is 5.43 Å². The van der Waals surface area contributed by atoms with Crippen LogP contribution in [-0.4, -0.2) is 34.2 Å². The maximum absolute atomic E-state index is 11.9. The third-order valence-electron chi connectivity index (χ3n) is 4.32. The first kappa shape index (κ1) is 19.2. The third kappa shape index (κ3) is 4.03. The number of aryl methyl sites for hydroxylation is 1. The van der Waals surface area contributed by atoms with E-state index in [0.717, 1.165) is 22.6 Å². The molecule has 2 aromatic heterocycles. The predicted molar refractivity (Wildman–Crippen MR) is 107 cm³/mol. The van der Waals surface area contributed by atoms with Crippen LogP contribution >= 0.6 is 0 Å². The van der Waals surface area contributed by atoms with Crippen molar-refractivity contribution in [3.8, 4) is 5.69 Å². The van der Waals surface area contributed by atoms with Gasteiger partial charge in [0.1, 0.15) is 5.69 Å². The average Bonchev–Trinajstić information content (AvgIpc) is 3.31. The zero-order valence-corrected chi connectivity index (χ0v) is 16.0. The molecule has 0 aliphatic rings. The van der Waals surface area contributed by atoms with Crippen LogP contribution in [-0.2, 0) is 4.74 Å². The number of benzene rings is 1. The second-order valence-electron chi connectivity index (χ2n) is 6.21. The van der Waals surface area contributed by atoms with E-state index in [1.807, 2.05) is 32.0 Å². The molecule has 7 heteroatoms. The number of amides is 1. The van der Waals surface area contributed by atoms with Gasteiger partial charge in [-0.1, -0.05) is 0 Å². The van der Waals surface area contributed by atoms with E-state index in [-0.39, 0.29) is 11.9 Å². The highest BCUT2D eigenvalue weighted by atomic mass is 16.5. The summed E-state index contributed by atoms with van der Waals surface area (Å²) in [7, 11) is 0. The summed E-state index contributed by atoms with van der Waals surface area (Å²) in [5.74, 6) is -0.634. The summed E-state index contributed by atoms with van der Waals surface area (Å²) < 4.78 is 7.07. The molecule has 0 radical (unpaired) electrons. The molecular weight excluding hydrogens is 356 g/mol. The molecule has 0 aliphatic heterocycles. The minimum absolute atomic E-state index is 0.301. The first-order valence-corrected chi connectivity index (χ1v) is 8.94. The molecule has 144 valence electrons. The number of hydrogen-bond donors (Lipinski definition) is 2. The van der Waals surface area contributed by atoms with Gasteiger partial charge in [-0.05, 0) is 63.2 Å². The highest BCUT2D eigenvalue weighted by molar-refractivity contribution is 5.93. The molecule has 0 fully saturated rings. The molecule has 1 amide bonds. The Labute approximate surface area is 163 Å². The van der Waals surface area contributed by atoms with Gasteiger partial charge in [0.2, 0.25) is 0 Å². The van der Waals surface area contributed by atoms with Gasteiger partial charge in [-0.25, -0.2) is 10.2 Å². The third-order valence-corrected chi connectivity index (χ3v) is 4.32. The van der Waals surface area contributed by atoms with Gasteiger partial charge >= 0.3 is 5.97 Å². The maximum Gasteiger partial charge on any atom is 0.338 e. The lowest BCUT2D eigenvalue weighted by atomic mass is 10.2. The molecule has 0 saturated carbocycles. The Morgan fingerprint density at radius 2 is 1.96 bits per heavy atom. The van der Waals surface area contributed by atoms with E-state index in [9.17, 15) is 9.59 Å². The average molecular weight is 378 g/mol. The fraction of sp³-hybridized carbons (Fsp3) is 0.190. The molecule has 2 N–H and O–H groups in total. The van der Waals surface area contributed by atoms with Crippen molar-refractivity contribution in [2.75, 3.05) is 6.61 Å². The Kier molecular flexibility index (Phi) is 5.74. The summed E-state index contributed by atoms with van der Waals surface area (Å²) in [6, 6.07) is 12.7. The van der Waals surface area contributed by atoms with E-state index in [4.69, 9.17) is 4.74 Å². The lowest BCUT2D eigenvalue weighted by molar-refractivity contribution is 0.0526. The standard InChI is InChI=1S/C21H22N4O3/c1-4-28-21(27)16-7-9-18(10-8-16)25-14(2)12-17(15(25)3)13-23-24-20(26)19-6-5-11-22-19/h5-13,22H,4H2,1-3H3,(H,24,26)/b23-13-. The van der Waals surface area contributed by atoms with Gasteiger partial charge in [-0.2, -0.15) is 5.10 Å². The Bertz CT molecular complexity index is 999. The van der Waals surface area contributed by atoms with E-state index in [2.05, 4.69) is 20.1 Å². The molecule has 2 heterocycles. The highest BCUT2D eigenvalue weighted by Crippen LogP contribution is 2.20. The quantitative estimate of drug-likeness (QED) is 0.392. The Hall–Kier alpha value is -3.61. The molecule has 0 saturated heterocycles. The van der Waals surface area contributed by atoms with E-state index >= 15 is 0 Å². The van der Waals surface area contributed by atoms with Gasteiger partial charge in [0.05, 0.1) is 18.4 Å². The first-order valence-electron chi connectivity index (χ1n) is 8.94. The molecule has 3 aromatic rings. The van der Waals surface area contributed by atoms with Gasteiger partial charge in [-0.3, -0.25) is 4.79 Å². The number of carbonyl (C=O) groups excluding carboxylic acids is 2. The zero-order chi connectivity index (χ0) is 20.1. The van der Waals surface area contributed by atoms with Crippen LogP contribution in [0, 0.1) is 13.8 Å². The molecule has 28 heavy (non-hydrogen) atoms. The number of rotatable bonds is 6. The highest BCUT2D eigenvalue weighted by Gasteiger charge is 2.11. The van der Waals surface area contributed by atoms with Gasteiger partial charge < -0.3 is 14.3 Å². The van der Waals surface area contributed by atoms with Crippen molar-refractivity contribution in [2.24, 2.45) is 5.10 Å². The molecule has 1 aromatic carbocycles. The number of nitrogens with one attached hydrogen (secondary N) is 2. The number of H-pyrrole nitrogens is 1. The number of ether oxygens (including phenoxy) is 1. The number of nitrogens with zero attached hydrogens (tertiary/aromatic N) is 2. The number of aromatic amines is 1. The van der Waals surface area contributed by atoms with Crippen LogP contribution in [0.4, 0.5) is 0 Å². The summed E-state index contributed by atoms with van der Waals surface area (Å²) in [4.78, 5) is 26.5. The van der Waals surface area contributed by atoms with Crippen molar-refractivity contribution in [3.05, 3.63) is 76.9 Å². The van der Waals surface area contributed by atoms with Crippen molar-refractivity contribution in [3.63, 3.8) is 0 Å². The van der Waals surface area contributed by atoms with E-state index in [0.29, 0.717) is 17.9 Å². The minimum atomic E-state index is -0.333. The van der Waals surface area contributed by atoms with Crippen molar-refractivity contribution in [2.45, 2.75) is 20.8 Å². The van der Waals surface area contributed by atoms with E-state index in [1.54, 1.807) is 43.6 Å². The summed E-state index contributed by atoms with van der Waals surface area (Å²) in [6.45, 7) is 6.09. The van der Waals surface area contributed by atoms with Gasteiger partial charge in [0, 0.05) is 28.8 Å². The summed E-state index contributed by atoms with van der Waals surface area (Å²) >= 11 is 0. The second-order valence-corrected chi connectivity index (χ2v) is 6.21. The van der Waals surface area contributed by atoms with Crippen LogP contribution in [0.25, 0.3) is 5.69 Å². The predicted octanol–water partition coefficient (Wildman–Crippen LogP) is 3.36. The van der Waals surface area contributed by atoms with Gasteiger partial charge in [0.15, 0.2) is 0 Å². The summed E-state index contributed by atoms with van der Waals surface area (Å²) in [6.07, 6.45) is 3.30. The number of hydrazone groups is 1. The fourth-order valence-electron chi connectivity index (χ4n) is 2.97. The van der Waals surface area contributed by atoms with Crippen LogP contribution in [0.15, 0.2) is 53.8 Å². The van der Waals surface area contributed by atoms with Gasteiger partial charge in [-0.15, -0.1) is 0 Å². The Morgan fingerprint density at radius 1 is 1.21 bits per heavy atom. The largest absolute Gasteiger partial charge is 0.462 e. The zero-order valence-electron chi connectivity index (χ0n) is 16.0. The van der Waals surface area contributed by atoms with E-state index < -0.39 is 0 Å². The Balaban J connectivity index is 1.77. The molecule has 3 rings (SSSR count). The second kappa shape index (κ2) is 8.39. The van der Waals surface area contributed by atoms with Crippen LogP contribution in [0.3, 0.4) is 0 Å². The number of carbonyl (C=O) groups is 2. The lowest BCUT2D eigenvalue weighted by Gasteiger charge is -2.10. The van der Waals surface area contributed by atoms with Gasteiger partial charge in [0.25, 0.3) is 5.91 Å². The lowest BCUT2D eigenvalue weighted by Crippen LogP contribution is -2.17. The number of aromatic nitrogens is 2. The minimum Gasteiger partial charge on any atom is -0.462 e. The topological polar surface area (TPSA) is 88.5 Å². The molecular formula is C21H22N4O3. The van der Waals surface area contributed by atoms with Crippen molar-refractivity contribution >= 4 is 18.1 Å². The molecule has 7 nitrogen and oxygen atoms in total. The SMILES string of the molecule is CCOC(=O)c1ccc(-n2c(C)cc(/C=N\NC(=O)c3ccc[nH]3)c2C)cc1. The van der Waals surface area contributed by atoms with Crippen LogP contribution in [0.2, 0.25) is 0 Å². The summed E-state index contributed by atoms with van der Waals surface area (Å²) in [5, 5.41) is 4.05. The van der Waals surface area contributed by atoms with E-state index in [1.165, 1.54) is 0 Å².